The van der Waals surface area contributed by atoms with Crippen LogP contribution in [0.2, 0.25) is 0 Å². The van der Waals surface area contributed by atoms with Crippen molar-refractivity contribution in [3.05, 3.63) is 32.7 Å². The molecule has 2 aromatic heterocycles. The molecule has 11 heteroatoms. The summed E-state index contributed by atoms with van der Waals surface area (Å²) in [6, 6.07) is 2.51. The van der Waals surface area contributed by atoms with Gasteiger partial charge >= 0.3 is 5.69 Å². The molecule has 21 heavy (non-hydrogen) atoms. The van der Waals surface area contributed by atoms with Crippen molar-refractivity contribution < 1.29 is 4.92 Å². The number of nitrogens with one attached hydrogen (secondary N) is 2. The van der Waals surface area contributed by atoms with Crippen LogP contribution in [0.15, 0.2) is 27.1 Å². The number of rotatable bonds is 6. The minimum Gasteiger partial charge on any atom is -0.308 e. The van der Waals surface area contributed by atoms with Crippen LogP contribution >= 0.6 is 11.8 Å². The average Bonchev–Trinajstić information content (AvgIpc) is 2.80. The van der Waals surface area contributed by atoms with Gasteiger partial charge in [-0.2, -0.15) is 0 Å². The minimum absolute atomic E-state index is 0.152. The van der Waals surface area contributed by atoms with Crippen molar-refractivity contribution in [3.63, 3.8) is 0 Å². The van der Waals surface area contributed by atoms with Crippen molar-refractivity contribution in [3.8, 4) is 0 Å². The number of aromatic amines is 1. The molecular formula is C10H13N7O3S. The molecule has 0 fully saturated rings. The fourth-order valence-corrected chi connectivity index (χ4v) is 2.51. The second-order valence-corrected chi connectivity index (χ2v) is 5.00. The van der Waals surface area contributed by atoms with Crippen LogP contribution in [0.4, 0.5) is 11.5 Å². The summed E-state index contributed by atoms with van der Waals surface area (Å²) in [6.07, 6.45) is 0.755. The Bertz CT molecular complexity index is 711. The summed E-state index contributed by atoms with van der Waals surface area (Å²) in [7, 11) is 0. The summed E-state index contributed by atoms with van der Waals surface area (Å²) in [5.74, 6) is 5.40. The Kier molecular flexibility index (Phi) is 4.55. The molecule has 0 radical (unpaired) electrons. The van der Waals surface area contributed by atoms with E-state index in [-0.39, 0.29) is 17.2 Å². The SMILES string of the molecule is CCCn1c(Sc2cc([N+](=O)[O-])cc(NN)n2)n[nH]c1=O. The molecule has 0 bridgehead atoms. The van der Waals surface area contributed by atoms with Gasteiger partial charge in [-0.3, -0.25) is 14.7 Å². The van der Waals surface area contributed by atoms with E-state index >= 15 is 0 Å². The Labute approximate surface area is 122 Å². The van der Waals surface area contributed by atoms with Crippen molar-refractivity contribution in [2.45, 2.75) is 30.1 Å². The molecule has 0 amide bonds. The van der Waals surface area contributed by atoms with Gasteiger partial charge in [0.15, 0.2) is 5.16 Å². The largest absolute Gasteiger partial charge is 0.343 e. The Hall–Kier alpha value is -2.40. The van der Waals surface area contributed by atoms with Crippen LogP contribution in [0.25, 0.3) is 0 Å². The fraction of sp³-hybridized carbons (Fsp3) is 0.300. The lowest BCUT2D eigenvalue weighted by atomic mass is 10.4. The molecule has 0 saturated carbocycles. The number of nitro groups is 1. The van der Waals surface area contributed by atoms with E-state index in [9.17, 15) is 14.9 Å². The lowest BCUT2D eigenvalue weighted by Crippen LogP contribution is -2.17. The molecule has 2 heterocycles. The van der Waals surface area contributed by atoms with Crippen LogP contribution in [-0.2, 0) is 6.54 Å². The number of anilines is 1. The van der Waals surface area contributed by atoms with Gasteiger partial charge in [0.25, 0.3) is 5.69 Å². The summed E-state index contributed by atoms with van der Waals surface area (Å²) < 4.78 is 1.45. The molecule has 112 valence electrons. The Morgan fingerprint density at radius 1 is 1.57 bits per heavy atom. The summed E-state index contributed by atoms with van der Waals surface area (Å²) in [4.78, 5) is 26.0. The van der Waals surface area contributed by atoms with Gasteiger partial charge in [0.05, 0.1) is 11.0 Å². The number of nitrogen functional groups attached to an aromatic ring is 1. The first-order valence-corrected chi connectivity index (χ1v) is 6.83. The van der Waals surface area contributed by atoms with E-state index in [0.717, 1.165) is 18.2 Å². The Morgan fingerprint density at radius 2 is 2.33 bits per heavy atom. The third kappa shape index (κ3) is 3.38. The van der Waals surface area contributed by atoms with Gasteiger partial charge in [-0.15, -0.1) is 5.10 Å². The summed E-state index contributed by atoms with van der Waals surface area (Å²) in [5.41, 5.74) is 1.78. The number of nitrogens with zero attached hydrogens (tertiary/aromatic N) is 4. The zero-order valence-electron chi connectivity index (χ0n) is 11.1. The first-order valence-electron chi connectivity index (χ1n) is 6.01. The molecule has 0 spiro atoms. The third-order valence-corrected chi connectivity index (χ3v) is 3.42. The first-order chi connectivity index (χ1) is 10.0. The number of hydrogen-bond donors (Lipinski definition) is 3. The molecule has 0 aromatic carbocycles. The maximum Gasteiger partial charge on any atom is 0.343 e. The minimum atomic E-state index is -0.545. The topological polar surface area (TPSA) is 145 Å². The second-order valence-electron chi connectivity index (χ2n) is 4.02. The summed E-state index contributed by atoms with van der Waals surface area (Å²) >= 11 is 1.05. The second kappa shape index (κ2) is 6.37. The van der Waals surface area contributed by atoms with Crippen molar-refractivity contribution in [2.75, 3.05) is 5.43 Å². The third-order valence-electron chi connectivity index (χ3n) is 2.51. The Morgan fingerprint density at radius 3 is 2.95 bits per heavy atom. The molecule has 0 atom stereocenters. The lowest BCUT2D eigenvalue weighted by Gasteiger charge is -2.05. The van der Waals surface area contributed by atoms with E-state index in [1.54, 1.807) is 0 Å². The number of H-pyrrole nitrogens is 1. The van der Waals surface area contributed by atoms with Crippen molar-refractivity contribution in [1.29, 1.82) is 0 Å². The summed E-state index contributed by atoms with van der Waals surface area (Å²) in [6.45, 7) is 2.42. The van der Waals surface area contributed by atoms with Crippen LogP contribution in [-0.4, -0.2) is 24.7 Å². The molecule has 0 aliphatic carbocycles. The molecule has 2 aromatic rings. The molecule has 0 aliphatic rings. The van der Waals surface area contributed by atoms with Crippen LogP contribution < -0.4 is 17.0 Å². The maximum atomic E-state index is 11.6. The molecule has 0 saturated heterocycles. The van der Waals surface area contributed by atoms with Gasteiger partial charge in [-0.1, -0.05) is 6.92 Å². The van der Waals surface area contributed by atoms with Crippen LogP contribution in [0.5, 0.6) is 0 Å². The highest BCUT2D eigenvalue weighted by molar-refractivity contribution is 7.99. The van der Waals surface area contributed by atoms with Crippen molar-refractivity contribution >= 4 is 23.3 Å². The fourth-order valence-electron chi connectivity index (χ4n) is 1.62. The highest BCUT2D eigenvalue weighted by Crippen LogP contribution is 2.28. The van der Waals surface area contributed by atoms with Gasteiger partial charge < -0.3 is 5.43 Å². The molecule has 0 aliphatic heterocycles. The quantitative estimate of drug-likeness (QED) is 0.402. The standard InChI is InChI=1S/C10H13N7O3S/c1-2-3-16-9(18)14-15-10(16)21-8-5-6(17(19)20)4-7(12-8)13-11/h4-5H,2-3,11H2,1H3,(H,12,13)(H,14,18). The van der Waals surface area contributed by atoms with Gasteiger partial charge in [-0.05, 0) is 18.2 Å². The van der Waals surface area contributed by atoms with Gasteiger partial charge in [0.1, 0.15) is 10.8 Å². The monoisotopic (exact) mass is 311 g/mol. The van der Waals surface area contributed by atoms with E-state index in [4.69, 9.17) is 5.84 Å². The van der Waals surface area contributed by atoms with E-state index < -0.39 is 4.92 Å². The van der Waals surface area contributed by atoms with Gasteiger partial charge in [0.2, 0.25) is 0 Å². The predicted molar refractivity (Wildman–Crippen MR) is 76.0 cm³/mol. The van der Waals surface area contributed by atoms with Gasteiger partial charge in [0, 0.05) is 12.6 Å². The van der Waals surface area contributed by atoms with E-state index in [0.29, 0.717) is 16.7 Å². The molecule has 10 nitrogen and oxygen atoms in total. The normalized spacial score (nSPS) is 10.6. The highest BCUT2D eigenvalue weighted by atomic mass is 32.2. The van der Waals surface area contributed by atoms with E-state index in [1.165, 1.54) is 16.7 Å². The highest BCUT2D eigenvalue weighted by Gasteiger charge is 2.15. The van der Waals surface area contributed by atoms with Crippen LogP contribution in [0, 0.1) is 10.1 Å². The van der Waals surface area contributed by atoms with E-state index in [2.05, 4.69) is 20.6 Å². The number of nitrogens with two attached hydrogens (primary N) is 1. The zero-order valence-corrected chi connectivity index (χ0v) is 11.9. The molecule has 4 N–H and O–H groups in total. The number of hydrogen-bond acceptors (Lipinski definition) is 8. The molecule has 0 unspecified atom stereocenters. The van der Waals surface area contributed by atoms with Crippen molar-refractivity contribution in [2.24, 2.45) is 5.84 Å². The maximum absolute atomic E-state index is 11.6. The lowest BCUT2D eigenvalue weighted by molar-refractivity contribution is -0.385. The summed E-state index contributed by atoms with van der Waals surface area (Å²) in [5, 5.41) is 17.8. The molecule has 2 rings (SSSR count). The number of hydrazine groups is 1. The van der Waals surface area contributed by atoms with Crippen molar-refractivity contribution in [1.82, 2.24) is 19.7 Å². The van der Waals surface area contributed by atoms with Crippen LogP contribution in [0.1, 0.15) is 13.3 Å². The van der Waals surface area contributed by atoms with Crippen LogP contribution in [0.3, 0.4) is 0 Å². The zero-order chi connectivity index (χ0) is 15.4. The predicted octanol–water partition coefficient (Wildman–Crippen LogP) is 0.721. The number of aromatic nitrogens is 4. The Balaban J connectivity index is 2.37. The van der Waals surface area contributed by atoms with E-state index in [1.807, 2.05) is 6.92 Å². The average molecular weight is 311 g/mol. The molecular weight excluding hydrogens is 298 g/mol. The van der Waals surface area contributed by atoms with Gasteiger partial charge in [-0.25, -0.2) is 20.7 Å². The first kappa shape index (κ1) is 15.0. The number of pyridine rings is 1. The smallest absolute Gasteiger partial charge is 0.308 e.